The molecule has 0 unspecified atom stereocenters. The molecule has 4 heterocycles. The van der Waals surface area contributed by atoms with E-state index in [1.54, 1.807) is 23.9 Å². The van der Waals surface area contributed by atoms with E-state index in [0.29, 0.717) is 29.0 Å². The average molecular weight is 398 g/mol. The summed E-state index contributed by atoms with van der Waals surface area (Å²) in [4.78, 5) is 13.1. The Hall–Kier alpha value is -2.71. The molecule has 1 N–H and O–H groups in total. The Morgan fingerprint density at radius 3 is 2.75 bits per heavy atom. The fourth-order valence-electron chi connectivity index (χ4n) is 3.82. The summed E-state index contributed by atoms with van der Waals surface area (Å²) in [5.41, 5.74) is 2.83. The lowest BCUT2D eigenvalue weighted by molar-refractivity contribution is 0.0681. The van der Waals surface area contributed by atoms with Crippen LogP contribution in [0.25, 0.3) is 22.4 Å². The minimum absolute atomic E-state index is 0.378. The predicted molar refractivity (Wildman–Crippen MR) is 107 cm³/mol. The van der Waals surface area contributed by atoms with Gasteiger partial charge in [-0.3, -0.25) is 4.40 Å². The third-order valence-electron chi connectivity index (χ3n) is 5.39. The quantitative estimate of drug-likeness (QED) is 0.568. The van der Waals surface area contributed by atoms with Crippen molar-refractivity contribution >= 4 is 28.8 Å². The van der Waals surface area contributed by atoms with E-state index in [2.05, 4.69) is 25.4 Å². The van der Waals surface area contributed by atoms with Gasteiger partial charge in [0, 0.05) is 42.9 Å². The fraction of sp³-hybridized carbons (Fsp3) is 0.368. The first-order valence-corrected chi connectivity index (χ1v) is 9.72. The highest BCUT2D eigenvalue weighted by Crippen LogP contribution is 2.27. The number of aromatic nitrogens is 6. The highest BCUT2D eigenvalue weighted by Gasteiger charge is 2.21. The molecule has 8 nitrogen and oxygen atoms in total. The van der Waals surface area contributed by atoms with Crippen molar-refractivity contribution in [3.8, 4) is 11.1 Å². The Morgan fingerprint density at radius 2 is 1.93 bits per heavy atom. The van der Waals surface area contributed by atoms with Gasteiger partial charge in [0.15, 0.2) is 0 Å². The van der Waals surface area contributed by atoms with Crippen molar-refractivity contribution in [2.24, 2.45) is 0 Å². The van der Waals surface area contributed by atoms with Crippen molar-refractivity contribution < 1.29 is 4.74 Å². The third-order valence-corrected chi connectivity index (χ3v) is 5.67. The third kappa shape index (κ3) is 3.08. The molecule has 0 spiro atoms. The highest BCUT2D eigenvalue weighted by atomic mass is 35.5. The van der Waals surface area contributed by atoms with Crippen molar-refractivity contribution in [2.75, 3.05) is 12.4 Å². The largest absolute Gasteiger partial charge is 0.381 e. The van der Waals surface area contributed by atoms with Crippen molar-refractivity contribution in [2.45, 2.75) is 37.8 Å². The molecule has 28 heavy (non-hydrogen) atoms. The summed E-state index contributed by atoms with van der Waals surface area (Å²) < 4.78 is 9.03. The summed E-state index contributed by atoms with van der Waals surface area (Å²) in [6, 6.07) is 2.39. The van der Waals surface area contributed by atoms with E-state index in [4.69, 9.17) is 16.3 Å². The number of anilines is 1. The second kappa shape index (κ2) is 7.03. The summed E-state index contributed by atoms with van der Waals surface area (Å²) in [5.74, 6) is 1.21. The average Bonchev–Trinajstić information content (AvgIpc) is 3.32. The van der Waals surface area contributed by atoms with Crippen LogP contribution in [0.2, 0.25) is 5.15 Å². The maximum atomic E-state index is 6.17. The van der Waals surface area contributed by atoms with Crippen molar-refractivity contribution in [1.82, 2.24) is 29.0 Å². The van der Waals surface area contributed by atoms with Gasteiger partial charge in [0.25, 0.3) is 0 Å². The molecule has 0 aliphatic heterocycles. The normalized spacial score (nSPS) is 20.1. The monoisotopic (exact) mass is 397 g/mol. The van der Waals surface area contributed by atoms with E-state index in [9.17, 15) is 0 Å². The molecule has 0 amide bonds. The molecule has 1 aliphatic rings. The predicted octanol–water partition coefficient (Wildman–Crippen LogP) is 3.46. The highest BCUT2D eigenvalue weighted by molar-refractivity contribution is 6.29. The number of imidazole rings is 1. The Morgan fingerprint density at radius 1 is 1.11 bits per heavy atom. The minimum atomic E-state index is 0.378. The molecular formula is C19H20ClN7O. The van der Waals surface area contributed by atoms with Crippen LogP contribution in [-0.4, -0.2) is 48.2 Å². The van der Waals surface area contributed by atoms with Crippen molar-refractivity contribution in [3.05, 3.63) is 42.2 Å². The lowest BCUT2D eigenvalue weighted by Crippen LogP contribution is -2.30. The summed E-state index contributed by atoms with van der Waals surface area (Å²) in [5, 5.41) is 8.60. The molecule has 9 heteroatoms. The van der Waals surface area contributed by atoms with E-state index in [0.717, 1.165) is 42.3 Å². The first kappa shape index (κ1) is 17.4. The van der Waals surface area contributed by atoms with Gasteiger partial charge in [-0.15, -0.1) is 5.10 Å². The summed E-state index contributed by atoms with van der Waals surface area (Å²) >= 11 is 6.17. The Bertz CT molecular complexity index is 1130. The molecule has 0 aromatic carbocycles. The Kier molecular flexibility index (Phi) is 4.37. The zero-order chi connectivity index (χ0) is 19.1. The van der Waals surface area contributed by atoms with Crippen molar-refractivity contribution in [3.63, 3.8) is 0 Å². The summed E-state index contributed by atoms with van der Waals surface area (Å²) in [6.07, 6.45) is 13.7. The molecule has 1 aliphatic carbocycles. The van der Waals surface area contributed by atoms with Crippen LogP contribution in [0.5, 0.6) is 0 Å². The Balaban J connectivity index is 1.41. The van der Waals surface area contributed by atoms with E-state index in [1.807, 2.05) is 29.2 Å². The number of rotatable bonds is 4. The summed E-state index contributed by atoms with van der Waals surface area (Å²) in [7, 11) is 1.78. The number of methoxy groups -OCH3 is 1. The molecule has 5 rings (SSSR count). The molecule has 1 fully saturated rings. The molecule has 0 atom stereocenters. The van der Waals surface area contributed by atoms with Crippen LogP contribution in [0.15, 0.2) is 37.1 Å². The van der Waals surface area contributed by atoms with Crippen LogP contribution in [0.1, 0.15) is 25.7 Å². The standard InChI is InChI=1S/C19H20ClN7O/c1-28-14-4-2-13(3-5-14)24-18-21-9-16-15(6-7-27(16)25-18)12-8-22-19-23-10-17(20)26(19)11-12/h6-11,13-14H,2-5H2,1H3,(H,24,25)/t13-,14+. The van der Waals surface area contributed by atoms with Crippen LogP contribution in [0.3, 0.4) is 0 Å². The second-order valence-corrected chi connectivity index (χ2v) is 7.48. The van der Waals surface area contributed by atoms with Gasteiger partial charge in [0.2, 0.25) is 11.7 Å². The van der Waals surface area contributed by atoms with Crippen LogP contribution >= 0.6 is 11.6 Å². The molecule has 0 radical (unpaired) electrons. The molecule has 4 aromatic heterocycles. The van der Waals surface area contributed by atoms with Gasteiger partial charge in [-0.2, -0.15) is 0 Å². The first-order chi connectivity index (χ1) is 13.7. The first-order valence-electron chi connectivity index (χ1n) is 9.34. The van der Waals surface area contributed by atoms with E-state index < -0.39 is 0 Å². The maximum Gasteiger partial charge on any atom is 0.241 e. The van der Waals surface area contributed by atoms with Crippen molar-refractivity contribution in [1.29, 1.82) is 0 Å². The zero-order valence-corrected chi connectivity index (χ0v) is 16.2. The molecule has 0 bridgehead atoms. The van der Waals surface area contributed by atoms with Gasteiger partial charge in [-0.05, 0) is 31.7 Å². The van der Waals surface area contributed by atoms with Gasteiger partial charge in [0.05, 0.1) is 24.0 Å². The van der Waals surface area contributed by atoms with Crippen LogP contribution in [0, 0.1) is 0 Å². The molecule has 4 aromatic rings. The number of ether oxygens (including phenoxy) is 1. The van der Waals surface area contributed by atoms with Gasteiger partial charge in [-0.1, -0.05) is 11.6 Å². The molecule has 144 valence electrons. The fourth-order valence-corrected chi connectivity index (χ4v) is 3.99. The SMILES string of the molecule is CO[C@H]1CC[C@@H](Nc2ncc3c(-c4cnc5ncc(Cl)n5c4)ccn3n2)CC1. The van der Waals surface area contributed by atoms with Crippen LogP contribution in [0.4, 0.5) is 5.95 Å². The number of hydrogen-bond donors (Lipinski definition) is 1. The number of nitrogens with zero attached hydrogens (tertiary/aromatic N) is 6. The van der Waals surface area contributed by atoms with Gasteiger partial charge in [0.1, 0.15) is 5.15 Å². The Labute approximate surface area is 166 Å². The number of nitrogens with one attached hydrogen (secondary N) is 1. The van der Waals surface area contributed by atoms with Gasteiger partial charge >= 0.3 is 0 Å². The lowest BCUT2D eigenvalue weighted by atomic mass is 9.93. The number of hydrogen-bond acceptors (Lipinski definition) is 6. The number of fused-ring (bicyclic) bond motifs is 2. The molecular weight excluding hydrogens is 378 g/mol. The molecule has 1 saturated carbocycles. The van der Waals surface area contributed by atoms with Crippen LogP contribution < -0.4 is 5.32 Å². The van der Waals surface area contributed by atoms with E-state index in [-0.39, 0.29) is 0 Å². The van der Waals surface area contributed by atoms with Gasteiger partial charge < -0.3 is 10.1 Å². The topological polar surface area (TPSA) is 81.6 Å². The van der Waals surface area contributed by atoms with Gasteiger partial charge in [-0.25, -0.2) is 19.5 Å². The molecule has 0 saturated heterocycles. The number of halogens is 1. The van der Waals surface area contributed by atoms with Crippen LogP contribution in [-0.2, 0) is 4.74 Å². The smallest absolute Gasteiger partial charge is 0.241 e. The zero-order valence-electron chi connectivity index (χ0n) is 15.4. The van der Waals surface area contributed by atoms with E-state index >= 15 is 0 Å². The summed E-state index contributed by atoms with van der Waals surface area (Å²) in [6.45, 7) is 0. The van der Waals surface area contributed by atoms with E-state index in [1.165, 1.54) is 0 Å². The minimum Gasteiger partial charge on any atom is -0.381 e. The maximum absolute atomic E-state index is 6.17. The lowest BCUT2D eigenvalue weighted by Gasteiger charge is -2.28. The second-order valence-electron chi connectivity index (χ2n) is 7.09.